The minimum Gasteiger partial charge on any atom is -0.309 e. The van der Waals surface area contributed by atoms with E-state index in [0.717, 1.165) is 18.2 Å². The topological polar surface area (TPSA) is 12.0 Å². The van der Waals surface area contributed by atoms with Crippen molar-refractivity contribution in [3.8, 4) is 0 Å². The number of rotatable bonds is 5. The minimum absolute atomic E-state index is 0.490. The van der Waals surface area contributed by atoms with Gasteiger partial charge in [-0.3, -0.25) is 0 Å². The number of hydrogen-bond acceptors (Lipinski definition) is 3. The van der Waals surface area contributed by atoms with Gasteiger partial charge in [0.25, 0.3) is 0 Å². The van der Waals surface area contributed by atoms with Gasteiger partial charge in [-0.05, 0) is 24.1 Å². The highest BCUT2D eigenvalue weighted by atomic mass is 32.2. The Hall–Kier alpha value is -0.120. The zero-order valence-corrected chi connectivity index (χ0v) is 13.8. The molecule has 0 saturated carbocycles. The zero-order valence-electron chi connectivity index (χ0n) is 12.2. The van der Waals surface area contributed by atoms with Crippen molar-refractivity contribution in [2.24, 2.45) is 0 Å². The summed E-state index contributed by atoms with van der Waals surface area (Å²) in [5, 5.41) is 5.13. The normalized spacial score (nSPS) is 25.2. The molecule has 1 saturated heterocycles. The van der Waals surface area contributed by atoms with Gasteiger partial charge in [0.05, 0.1) is 0 Å². The van der Waals surface area contributed by atoms with Crippen LogP contribution in [0.2, 0.25) is 0 Å². The van der Waals surface area contributed by atoms with Gasteiger partial charge in [0.1, 0.15) is 0 Å². The molecular formula is C16H25NS2. The van der Waals surface area contributed by atoms with Crippen molar-refractivity contribution in [3.05, 3.63) is 35.4 Å². The highest BCUT2D eigenvalue weighted by Crippen LogP contribution is 2.38. The molecule has 1 heterocycles. The molecule has 0 bridgehead atoms. The molecule has 0 radical (unpaired) electrons. The largest absolute Gasteiger partial charge is 0.309 e. The first-order valence-electron chi connectivity index (χ1n) is 7.31. The smallest absolute Gasteiger partial charge is 0.0451 e. The number of thioether (sulfide) groups is 2. The first-order valence-corrected chi connectivity index (χ1v) is 9.41. The molecule has 1 N–H and O–H groups in total. The summed E-state index contributed by atoms with van der Waals surface area (Å²) in [6.45, 7) is 7.86. The van der Waals surface area contributed by atoms with Crippen molar-refractivity contribution in [1.82, 2.24) is 5.32 Å². The molecule has 0 aliphatic carbocycles. The minimum atomic E-state index is 0.490. The molecule has 3 atom stereocenters. The van der Waals surface area contributed by atoms with Crippen LogP contribution in [0, 0.1) is 0 Å². The lowest BCUT2D eigenvalue weighted by Gasteiger charge is -2.35. The maximum Gasteiger partial charge on any atom is 0.0451 e. The fourth-order valence-electron chi connectivity index (χ4n) is 2.67. The summed E-state index contributed by atoms with van der Waals surface area (Å²) in [5.41, 5.74) is 2.91. The quantitative estimate of drug-likeness (QED) is 0.877. The first kappa shape index (κ1) is 15.3. The van der Waals surface area contributed by atoms with E-state index in [0.29, 0.717) is 11.3 Å². The fourth-order valence-corrected chi connectivity index (χ4v) is 5.61. The Morgan fingerprint density at radius 1 is 1.26 bits per heavy atom. The number of aryl methyl sites for hydroxylation is 1. The van der Waals surface area contributed by atoms with Gasteiger partial charge in [-0.15, -0.1) is 0 Å². The van der Waals surface area contributed by atoms with Gasteiger partial charge >= 0.3 is 0 Å². The van der Waals surface area contributed by atoms with Crippen molar-refractivity contribution in [3.63, 3.8) is 0 Å². The highest BCUT2D eigenvalue weighted by Gasteiger charge is 2.30. The molecule has 1 fully saturated rings. The predicted molar refractivity (Wildman–Crippen MR) is 90.4 cm³/mol. The third-order valence-electron chi connectivity index (χ3n) is 3.71. The maximum atomic E-state index is 3.72. The second-order valence-corrected chi connectivity index (χ2v) is 7.82. The van der Waals surface area contributed by atoms with E-state index in [-0.39, 0.29) is 0 Å². The number of hydrogen-bond donors (Lipinski definition) is 1. The van der Waals surface area contributed by atoms with Crippen LogP contribution in [0.1, 0.15) is 37.9 Å². The molecule has 0 spiro atoms. The molecule has 1 aliphatic heterocycles. The van der Waals surface area contributed by atoms with Crippen LogP contribution in [0.15, 0.2) is 24.3 Å². The Morgan fingerprint density at radius 2 is 2.05 bits per heavy atom. The molecule has 1 nitrogen and oxygen atoms in total. The van der Waals surface area contributed by atoms with Gasteiger partial charge in [0.2, 0.25) is 0 Å². The molecule has 1 aliphatic rings. The molecule has 2 rings (SSSR count). The maximum absolute atomic E-state index is 3.72. The summed E-state index contributed by atoms with van der Waals surface area (Å²) in [6.07, 6.45) is 1.12. The Morgan fingerprint density at radius 3 is 2.74 bits per heavy atom. The van der Waals surface area contributed by atoms with Crippen molar-refractivity contribution in [2.75, 3.05) is 18.1 Å². The second kappa shape index (κ2) is 7.61. The van der Waals surface area contributed by atoms with E-state index in [4.69, 9.17) is 0 Å². The fraction of sp³-hybridized carbons (Fsp3) is 0.625. The van der Waals surface area contributed by atoms with Gasteiger partial charge in [-0.2, -0.15) is 23.5 Å². The van der Waals surface area contributed by atoms with E-state index in [2.05, 4.69) is 73.9 Å². The van der Waals surface area contributed by atoms with Gasteiger partial charge < -0.3 is 5.32 Å². The van der Waals surface area contributed by atoms with Crippen LogP contribution in [-0.2, 0) is 6.42 Å². The summed E-state index contributed by atoms with van der Waals surface area (Å²) in [5.74, 6) is 2.59. The third-order valence-corrected chi connectivity index (χ3v) is 6.90. The predicted octanol–water partition coefficient (Wildman–Crippen LogP) is 4.14. The number of benzene rings is 1. The third kappa shape index (κ3) is 3.93. The average molecular weight is 296 g/mol. The molecule has 106 valence electrons. The van der Waals surface area contributed by atoms with Crippen LogP contribution >= 0.6 is 23.5 Å². The Bertz CT molecular complexity index is 394. The molecule has 1 aromatic carbocycles. The van der Waals surface area contributed by atoms with Gasteiger partial charge in [-0.25, -0.2) is 0 Å². The lowest BCUT2D eigenvalue weighted by molar-refractivity contribution is 0.525. The monoisotopic (exact) mass is 295 g/mol. The van der Waals surface area contributed by atoms with E-state index in [1.165, 1.54) is 22.6 Å². The van der Waals surface area contributed by atoms with Crippen molar-refractivity contribution >= 4 is 23.5 Å². The summed E-state index contributed by atoms with van der Waals surface area (Å²) in [4.78, 5) is 0. The first-order chi connectivity index (χ1) is 9.26. The van der Waals surface area contributed by atoms with Gasteiger partial charge in [0.15, 0.2) is 0 Å². The zero-order chi connectivity index (χ0) is 13.7. The van der Waals surface area contributed by atoms with Gasteiger partial charge in [0, 0.05) is 28.0 Å². The van der Waals surface area contributed by atoms with Crippen LogP contribution in [0.25, 0.3) is 0 Å². The summed E-state index contributed by atoms with van der Waals surface area (Å²) < 4.78 is 0. The van der Waals surface area contributed by atoms with Crippen molar-refractivity contribution in [2.45, 2.75) is 43.7 Å². The van der Waals surface area contributed by atoms with Crippen LogP contribution in [-0.4, -0.2) is 28.6 Å². The molecule has 0 aromatic heterocycles. The molecular weight excluding hydrogens is 270 g/mol. The molecule has 0 amide bonds. The highest BCUT2D eigenvalue weighted by molar-refractivity contribution is 8.07. The van der Waals surface area contributed by atoms with Crippen LogP contribution in [0.5, 0.6) is 0 Å². The standard InChI is InChI=1S/C16H25NS2/c1-4-13-7-6-8-14(11-13)15(17-5-2)16-12(3)18-9-10-19-16/h6-8,11-12,15-17H,4-5,9-10H2,1-3H3. The molecule has 1 aromatic rings. The van der Waals surface area contributed by atoms with E-state index in [1.807, 2.05) is 0 Å². The average Bonchev–Trinajstić information content (AvgIpc) is 2.46. The lowest BCUT2D eigenvalue weighted by atomic mass is 9.98. The Kier molecular flexibility index (Phi) is 6.11. The SMILES string of the molecule is CCNC(c1cccc(CC)c1)C1SCCSC1C. The van der Waals surface area contributed by atoms with E-state index in [9.17, 15) is 0 Å². The Balaban J connectivity index is 2.22. The molecule has 19 heavy (non-hydrogen) atoms. The van der Waals surface area contributed by atoms with E-state index >= 15 is 0 Å². The van der Waals surface area contributed by atoms with Gasteiger partial charge in [-0.1, -0.05) is 45.0 Å². The second-order valence-electron chi connectivity index (χ2n) is 5.05. The van der Waals surface area contributed by atoms with E-state index < -0.39 is 0 Å². The Labute approximate surface area is 126 Å². The van der Waals surface area contributed by atoms with Crippen LogP contribution < -0.4 is 5.32 Å². The molecule has 3 unspecified atom stereocenters. The lowest BCUT2D eigenvalue weighted by Crippen LogP contribution is -2.37. The summed E-state index contributed by atoms with van der Waals surface area (Å²) in [7, 11) is 0. The molecule has 3 heteroatoms. The van der Waals surface area contributed by atoms with Crippen molar-refractivity contribution < 1.29 is 0 Å². The summed E-state index contributed by atoms with van der Waals surface area (Å²) in [6, 6.07) is 9.62. The number of nitrogens with one attached hydrogen (secondary N) is 1. The summed E-state index contributed by atoms with van der Waals surface area (Å²) >= 11 is 4.27. The van der Waals surface area contributed by atoms with Crippen LogP contribution in [0.4, 0.5) is 0 Å². The van der Waals surface area contributed by atoms with Crippen molar-refractivity contribution in [1.29, 1.82) is 0 Å². The van der Waals surface area contributed by atoms with E-state index in [1.54, 1.807) is 0 Å². The van der Waals surface area contributed by atoms with Crippen LogP contribution in [0.3, 0.4) is 0 Å².